The Morgan fingerprint density at radius 1 is 1.03 bits per heavy atom. The van der Waals surface area contributed by atoms with Crippen LogP contribution in [0.2, 0.25) is 0 Å². The van der Waals surface area contributed by atoms with Gasteiger partial charge in [-0.15, -0.1) is 11.3 Å². The highest BCUT2D eigenvalue weighted by molar-refractivity contribution is 7.13. The molecule has 0 aromatic carbocycles. The van der Waals surface area contributed by atoms with Gasteiger partial charge in [-0.25, -0.2) is 0 Å². The minimum atomic E-state index is -0.292. The van der Waals surface area contributed by atoms with Gasteiger partial charge in [0.2, 0.25) is 0 Å². The Morgan fingerprint density at radius 3 is 2.33 bits per heavy atom. The van der Waals surface area contributed by atoms with E-state index in [1.807, 2.05) is 42.8 Å². The van der Waals surface area contributed by atoms with Crippen molar-refractivity contribution in [2.45, 2.75) is 49.6 Å². The molecule has 2 amide bonds. The van der Waals surface area contributed by atoms with Crippen molar-refractivity contribution < 1.29 is 11.0 Å². The number of pyridine rings is 1. The number of carbonyl (C=O) groups is 2. The van der Waals surface area contributed by atoms with Gasteiger partial charge in [-0.05, 0) is 80.0 Å². The van der Waals surface area contributed by atoms with Gasteiger partial charge in [-0.2, -0.15) is 5.10 Å². The number of hydrogen-bond donors (Lipinski definition) is 2. The first-order valence-electron chi connectivity index (χ1n) is 11.6. The van der Waals surface area contributed by atoms with Crippen LogP contribution in [-0.4, -0.2) is 37.7 Å². The number of nitrogens with zero attached hydrogens (tertiary/aromatic N) is 3. The van der Waals surface area contributed by atoms with Crippen molar-refractivity contribution in [2.75, 3.05) is 0 Å². The topological polar surface area (TPSA) is 88.9 Å². The average molecular weight is 464 g/mol. The number of rotatable bonds is 5. The van der Waals surface area contributed by atoms with Crippen molar-refractivity contribution in [2.24, 2.45) is 18.9 Å². The third-order valence-electron chi connectivity index (χ3n) is 7.60. The van der Waals surface area contributed by atoms with E-state index in [9.17, 15) is 9.59 Å². The zero-order valence-electron chi connectivity index (χ0n) is 18.6. The minimum Gasteiger partial charge on any atom is -0.345 e. The Kier molecular flexibility index (Phi) is 4.69. The van der Waals surface area contributed by atoms with E-state index in [2.05, 4.69) is 20.7 Å². The van der Waals surface area contributed by atoms with Crippen LogP contribution in [-0.2, 0) is 7.05 Å². The SMILES string of the molecule is Cn1nc(C(=O)NC23CC4CC(CC(NC(=O)c5ccccn5)(C4)C2)C3)cc1-c1cccs1.[HH]. The Morgan fingerprint density at radius 2 is 1.73 bits per heavy atom. The lowest BCUT2D eigenvalue weighted by Crippen LogP contribution is -2.69. The van der Waals surface area contributed by atoms with Crippen LogP contribution in [0.3, 0.4) is 0 Å². The molecule has 4 aliphatic rings. The Labute approximate surface area is 198 Å². The van der Waals surface area contributed by atoms with Crippen molar-refractivity contribution in [3.63, 3.8) is 0 Å². The van der Waals surface area contributed by atoms with E-state index >= 15 is 0 Å². The first-order valence-corrected chi connectivity index (χ1v) is 12.4. The predicted molar refractivity (Wildman–Crippen MR) is 128 cm³/mol. The highest BCUT2D eigenvalue weighted by Gasteiger charge is 2.59. The Bertz CT molecular complexity index is 1200. The van der Waals surface area contributed by atoms with E-state index in [-0.39, 0.29) is 24.3 Å². The maximum absolute atomic E-state index is 13.3. The van der Waals surface area contributed by atoms with Gasteiger partial charge < -0.3 is 10.6 Å². The maximum atomic E-state index is 13.3. The molecule has 3 aromatic heterocycles. The van der Waals surface area contributed by atoms with Crippen LogP contribution < -0.4 is 10.6 Å². The summed E-state index contributed by atoms with van der Waals surface area (Å²) in [6, 6.07) is 11.3. The van der Waals surface area contributed by atoms with Crippen molar-refractivity contribution in [1.82, 2.24) is 25.4 Å². The quantitative estimate of drug-likeness (QED) is 0.598. The third-order valence-corrected chi connectivity index (χ3v) is 8.49. The molecule has 3 aromatic rings. The van der Waals surface area contributed by atoms with Gasteiger partial charge in [-0.1, -0.05) is 12.1 Å². The van der Waals surface area contributed by atoms with Gasteiger partial charge in [0, 0.05) is 25.7 Å². The highest BCUT2D eigenvalue weighted by Crippen LogP contribution is 2.57. The van der Waals surface area contributed by atoms with Crippen LogP contribution in [0.4, 0.5) is 0 Å². The van der Waals surface area contributed by atoms with Crippen LogP contribution >= 0.6 is 11.3 Å². The molecule has 0 aliphatic heterocycles. The van der Waals surface area contributed by atoms with E-state index in [0.717, 1.165) is 42.7 Å². The van der Waals surface area contributed by atoms with Crippen molar-refractivity contribution in [3.05, 3.63) is 59.4 Å². The molecule has 7 rings (SSSR count). The fraction of sp³-hybridized carbons (Fsp3) is 0.440. The van der Waals surface area contributed by atoms with Crippen molar-refractivity contribution in [3.8, 4) is 10.6 Å². The molecule has 0 spiro atoms. The number of hydrogen-bond acceptors (Lipinski definition) is 5. The smallest absolute Gasteiger partial charge is 0.272 e. The van der Waals surface area contributed by atoms with E-state index in [1.54, 1.807) is 28.3 Å². The van der Waals surface area contributed by atoms with Crippen LogP contribution in [0.5, 0.6) is 0 Å². The predicted octanol–water partition coefficient (Wildman–Crippen LogP) is 4.04. The Hall–Kier alpha value is -3.00. The zero-order valence-corrected chi connectivity index (χ0v) is 19.4. The van der Waals surface area contributed by atoms with E-state index in [4.69, 9.17) is 0 Å². The molecule has 4 aliphatic carbocycles. The molecule has 0 radical (unpaired) electrons. The molecule has 2 N–H and O–H groups in total. The van der Waals surface area contributed by atoms with E-state index in [1.165, 1.54) is 6.42 Å². The number of aryl methyl sites for hydroxylation is 1. The van der Waals surface area contributed by atoms with Crippen LogP contribution in [0.15, 0.2) is 48.0 Å². The van der Waals surface area contributed by atoms with Crippen molar-refractivity contribution >= 4 is 23.2 Å². The van der Waals surface area contributed by atoms with Gasteiger partial charge in [0.05, 0.1) is 10.6 Å². The van der Waals surface area contributed by atoms with E-state index in [0.29, 0.717) is 23.2 Å². The molecule has 3 heterocycles. The standard InChI is InChI=1S/C25H27N5O2S.H2/c1-30-20(21-6-4-8-33-21)10-19(29-30)23(32)28-25-13-16-9-17(14-25)12-24(11-16,15-25)27-22(31)18-5-2-3-7-26-18;/h2-8,10,16-17H,9,11-15H2,1H3,(H,27,31)(H,28,32);1H. The molecule has 172 valence electrons. The van der Waals surface area contributed by atoms with Crippen LogP contribution in [0, 0.1) is 11.8 Å². The molecule has 2 atom stereocenters. The first kappa shape index (κ1) is 20.6. The van der Waals surface area contributed by atoms with Gasteiger partial charge in [0.1, 0.15) is 5.69 Å². The summed E-state index contributed by atoms with van der Waals surface area (Å²) in [5, 5.41) is 13.3. The maximum Gasteiger partial charge on any atom is 0.272 e. The number of thiophene rings is 1. The largest absolute Gasteiger partial charge is 0.345 e. The van der Waals surface area contributed by atoms with E-state index < -0.39 is 0 Å². The molecule has 8 heteroatoms. The lowest BCUT2D eigenvalue weighted by molar-refractivity contribution is -0.0449. The fourth-order valence-corrected chi connectivity index (χ4v) is 7.67. The normalized spacial score (nSPS) is 29.7. The first-order chi connectivity index (χ1) is 15.9. The van der Waals surface area contributed by atoms with Gasteiger partial charge in [0.25, 0.3) is 11.8 Å². The second kappa shape index (κ2) is 7.52. The molecule has 2 unspecified atom stereocenters. The molecular formula is C25H29N5O2S. The molecule has 7 nitrogen and oxygen atoms in total. The zero-order chi connectivity index (χ0) is 22.6. The summed E-state index contributed by atoms with van der Waals surface area (Å²) in [4.78, 5) is 31.6. The summed E-state index contributed by atoms with van der Waals surface area (Å²) >= 11 is 1.64. The lowest BCUT2D eigenvalue weighted by atomic mass is 9.49. The fourth-order valence-electron chi connectivity index (χ4n) is 6.89. The number of aromatic nitrogens is 3. The Balaban J connectivity index is 0.00000241. The van der Waals surface area contributed by atoms with Gasteiger partial charge in [-0.3, -0.25) is 19.3 Å². The summed E-state index contributed by atoms with van der Waals surface area (Å²) in [5.41, 5.74) is 1.26. The molecule has 4 saturated carbocycles. The van der Waals surface area contributed by atoms with Gasteiger partial charge in [0.15, 0.2) is 5.69 Å². The highest BCUT2D eigenvalue weighted by atomic mass is 32.1. The van der Waals surface area contributed by atoms with Crippen molar-refractivity contribution in [1.29, 1.82) is 0 Å². The number of nitrogens with one attached hydrogen (secondary N) is 2. The molecular weight excluding hydrogens is 434 g/mol. The minimum absolute atomic E-state index is 0. The number of carbonyl (C=O) groups excluding carboxylic acids is 2. The second-order valence-electron chi connectivity index (χ2n) is 10.2. The summed E-state index contributed by atoms with van der Waals surface area (Å²) in [6.07, 6.45) is 7.50. The van der Waals surface area contributed by atoms with Crippen LogP contribution in [0.25, 0.3) is 10.6 Å². The summed E-state index contributed by atoms with van der Waals surface area (Å²) < 4.78 is 1.77. The molecule has 33 heavy (non-hydrogen) atoms. The van der Waals surface area contributed by atoms with Gasteiger partial charge >= 0.3 is 0 Å². The summed E-state index contributed by atoms with van der Waals surface area (Å²) in [6.45, 7) is 0. The molecule has 0 saturated heterocycles. The molecule has 4 fully saturated rings. The average Bonchev–Trinajstić information content (AvgIpc) is 3.42. The summed E-state index contributed by atoms with van der Waals surface area (Å²) in [5.74, 6) is 0.785. The third kappa shape index (κ3) is 3.66. The molecule has 4 bridgehead atoms. The lowest BCUT2D eigenvalue weighted by Gasteiger charge is -2.62. The number of amides is 2. The second-order valence-corrected chi connectivity index (χ2v) is 11.1. The van der Waals surface area contributed by atoms with Crippen LogP contribution in [0.1, 0.15) is 60.9 Å². The monoisotopic (exact) mass is 463 g/mol. The summed E-state index contributed by atoms with van der Waals surface area (Å²) in [7, 11) is 1.87.